The van der Waals surface area contributed by atoms with Crippen molar-refractivity contribution >= 4 is 11.6 Å². The zero-order valence-electron chi connectivity index (χ0n) is 13.1. The van der Waals surface area contributed by atoms with E-state index in [4.69, 9.17) is 9.47 Å². The maximum absolute atomic E-state index is 12.2. The highest BCUT2D eigenvalue weighted by molar-refractivity contribution is 5.94. The Kier molecular flexibility index (Phi) is 5.55. The van der Waals surface area contributed by atoms with Crippen molar-refractivity contribution in [2.75, 3.05) is 12.4 Å². The lowest BCUT2D eigenvalue weighted by Crippen LogP contribution is -2.30. The molecule has 116 valence electrons. The van der Waals surface area contributed by atoms with Crippen molar-refractivity contribution in [2.24, 2.45) is 0 Å². The predicted octanol–water partition coefficient (Wildman–Crippen LogP) is 3.55. The molecule has 1 N–H and O–H groups in total. The number of benzene rings is 2. The van der Waals surface area contributed by atoms with E-state index in [1.165, 1.54) is 0 Å². The van der Waals surface area contributed by atoms with Gasteiger partial charge in [-0.25, -0.2) is 0 Å². The van der Waals surface area contributed by atoms with E-state index in [-0.39, 0.29) is 5.91 Å². The number of amides is 1. The molecule has 0 unspecified atom stereocenters. The third-order valence-corrected chi connectivity index (χ3v) is 3.18. The molecule has 0 heterocycles. The van der Waals surface area contributed by atoms with E-state index in [1.807, 2.05) is 55.5 Å². The Hall–Kier alpha value is -2.33. The van der Waals surface area contributed by atoms with E-state index >= 15 is 0 Å². The van der Waals surface area contributed by atoms with Gasteiger partial charge in [-0.15, -0.1) is 0 Å². The number of methoxy groups -OCH3 is 1. The molecule has 0 aliphatic rings. The second kappa shape index (κ2) is 7.61. The van der Waals surface area contributed by atoms with E-state index in [0.717, 1.165) is 16.8 Å². The number of hydrogen-bond donors (Lipinski definition) is 1. The number of rotatable bonds is 6. The summed E-state index contributed by atoms with van der Waals surface area (Å²) in [7, 11) is 1.64. The maximum atomic E-state index is 12.2. The van der Waals surface area contributed by atoms with Crippen molar-refractivity contribution in [1.29, 1.82) is 0 Å². The molecule has 0 aliphatic heterocycles. The lowest BCUT2D eigenvalue weighted by atomic mass is 10.2. The summed E-state index contributed by atoms with van der Waals surface area (Å²) in [6, 6.07) is 15.2. The van der Waals surface area contributed by atoms with Gasteiger partial charge in [-0.1, -0.05) is 24.3 Å². The van der Waals surface area contributed by atoms with Crippen LogP contribution in [0.2, 0.25) is 0 Å². The topological polar surface area (TPSA) is 47.6 Å². The molecule has 0 radical (unpaired) electrons. The summed E-state index contributed by atoms with van der Waals surface area (Å²) in [4.78, 5) is 12.2. The standard InChI is InChI=1S/C18H21NO3/c1-13-6-4-9-17(10-13)22-14(2)18(20)19-16-8-5-7-15(11-16)12-21-3/h4-11,14H,12H2,1-3H3,(H,19,20)/t14-/m0/s1. The van der Waals surface area contributed by atoms with Gasteiger partial charge in [-0.05, 0) is 49.2 Å². The first-order chi connectivity index (χ1) is 10.6. The third kappa shape index (κ3) is 4.60. The molecule has 0 saturated carbocycles. The molecule has 4 heteroatoms. The van der Waals surface area contributed by atoms with Crippen LogP contribution < -0.4 is 10.1 Å². The summed E-state index contributed by atoms with van der Waals surface area (Å²) in [5.41, 5.74) is 2.84. The Morgan fingerprint density at radius 2 is 1.95 bits per heavy atom. The molecule has 4 nitrogen and oxygen atoms in total. The monoisotopic (exact) mass is 299 g/mol. The van der Waals surface area contributed by atoms with Gasteiger partial charge in [0.1, 0.15) is 5.75 Å². The van der Waals surface area contributed by atoms with Gasteiger partial charge in [0.05, 0.1) is 6.61 Å². The third-order valence-electron chi connectivity index (χ3n) is 3.18. The molecular formula is C18H21NO3. The molecule has 1 atom stereocenters. The van der Waals surface area contributed by atoms with Crippen LogP contribution in [0.5, 0.6) is 5.75 Å². The Bertz CT molecular complexity index is 640. The Balaban J connectivity index is 1.97. The second-order valence-electron chi connectivity index (χ2n) is 5.20. The number of ether oxygens (including phenoxy) is 2. The average molecular weight is 299 g/mol. The van der Waals surface area contributed by atoms with Gasteiger partial charge in [0.15, 0.2) is 6.10 Å². The number of carbonyl (C=O) groups excluding carboxylic acids is 1. The summed E-state index contributed by atoms with van der Waals surface area (Å²) in [6.07, 6.45) is -0.576. The van der Waals surface area contributed by atoms with Gasteiger partial charge in [-0.2, -0.15) is 0 Å². The van der Waals surface area contributed by atoms with Crippen LogP contribution >= 0.6 is 0 Å². The highest BCUT2D eigenvalue weighted by atomic mass is 16.5. The van der Waals surface area contributed by atoms with Crippen LogP contribution in [0.25, 0.3) is 0 Å². The number of anilines is 1. The van der Waals surface area contributed by atoms with Gasteiger partial charge in [-0.3, -0.25) is 4.79 Å². The minimum Gasteiger partial charge on any atom is -0.481 e. The van der Waals surface area contributed by atoms with Crippen molar-refractivity contribution in [3.63, 3.8) is 0 Å². The summed E-state index contributed by atoms with van der Waals surface area (Å²) in [5, 5.41) is 2.86. The van der Waals surface area contributed by atoms with Crippen molar-refractivity contribution in [2.45, 2.75) is 26.6 Å². The largest absolute Gasteiger partial charge is 0.481 e. The second-order valence-corrected chi connectivity index (χ2v) is 5.20. The molecule has 22 heavy (non-hydrogen) atoms. The maximum Gasteiger partial charge on any atom is 0.265 e. The van der Waals surface area contributed by atoms with Crippen LogP contribution in [0, 0.1) is 6.92 Å². The number of hydrogen-bond acceptors (Lipinski definition) is 3. The van der Waals surface area contributed by atoms with Gasteiger partial charge >= 0.3 is 0 Å². The van der Waals surface area contributed by atoms with Crippen LogP contribution in [0.15, 0.2) is 48.5 Å². The van der Waals surface area contributed by atoms with E-state index < -0.39 is 6.10 Å². The van der Waals surface area contributed by atoms with Gasteiger partial charge in [0, 0.05) is 12.8 Å². The first kappa shape index (κ1) is 16.0. The normalized spacial score (nSPS) is 11.8. The van der Waals surface area contributed by atoms with Crippen LogP contribution in [-0.2, 0) is 16.1 Å². The SMILES string of the molecule is COCc1cccc(NC(=O)[C@H](C)Oc2cccc(C)c2)c1. The zero-order chi connectivity index (χ0) is 15.9. The average Bonchev–Trinajstić information content (AvgIpc) is 2.48. The Morgan fingerprint density at radius 1 is 1.18 bits per heavy atom. The lowest BCUT2D eigenvalue weighted by Gasteiger charge is -2.15. The fraction of sp³-hybridized carbons (Fsp3) is 0.278. The fourth-order valence-corrected chi connectivity index (χ4v) is 2.10. The smallest absolute Gasteiger partial charge is 0.265 e. The predicted molar refractivity (Wildman–Crippen MR) is 87.1 cm³/mol. The van der Waals surface area contributed by atoms with Gasteiger partial charge in [0.2, 0.25) is 0 Å². The molecule has 0 fully saturated rings. The highest BCUT2D eigenvalue weighted by Gasteiger charge is 2.15. The number of carbonyl (C=O) groups is 1. The molecule has 0 spiro atoms. The van der Waals surface area contributed by atoms with Crippen molar-refractivity contribution in [1.82, 2.24) is 0 Å². The van der Waals surface area contributed by atoms with Gasteiger partial charge < -0.3 is 14.8 Å². The quantitative estimate of drug-likeness (QED) is 0.887. The van der Waals surface area contributed by atoms with Crippen molar-refractivity contribution in [3.05, 3.63) is 59.7 Å². The summed E-state index contributed by atoms with van der Waals surface area (Å²) in [6.45, 7) is 4.23. The highest BCUT2D eigenvalue weighted by Crippen LogP contribution is 2.16. The molecule has 2 aromatic carbocycles. The number of aryl methyl sites for hydroxylation is 1. The van der Waals surface area contributed by atoms with E-state index in [0.29, 0.717) is 12.4 Å². The molecular weight excluding hydrogens is 278 g/mol. The van der Waals surface area contributed by atoms with E-state index in [9.17, 15) is 4.79 Å². The molecule has 2 aromatic rings. The Labute approximate surface area is 131 Å². The summed E-state index contributed by atoms with van der Waals surface area (Å²) in [5.74, 6) is 0.506. The minimum atomic E-state index is -0.576. The first-order valence-electron chi connectivity index (χ1n) is 7.20. The molecule has 0 aromatic heterocycles. The van der Waals surface area contributed by atoms with Crippen LogP contribution in [0.3, 0.4) is 0 Å². The van der Waals surface area contributed by atoms with Crippen molar-refractivity contribution < 1.29 is 14.3 Å². The van der Waals surface area contributed by atoms with Crippen LogP contribution in [0.1, 0.15) is 18.1 Å². The van der Waals surface area contributed by atoms with E-state index in [2.05, 4.69) is 5.32 Å². The summed E-state index contributed by atoms with van der Waals surface area (Å²) >= 11 is 0. The minimum absolute atomic E-state index is 0.184. The van der Waals surface area contributed by atoms with E-state index in [1.54, 1.807) is 14.0 Å². The molecule has 0 saturated heterocycles. The molecule has 1 amide bonds. The Morgan fingerprint density at radius 3 is 2.68 bits per heavy atom. The van der Waals surface area contributed by atoms with Crippen LogP contribution in [0.4, 0.5) is 5.69 Å². The molecule has 2 rings (SSSR count). The fourth-order valence-electron chi connectivity index (χ4n) is 2.10. The summed E-state index contributed by atoms with van der Waals surface area (Å²) < 4.78 is 10.8. The zero-order valence-corrected chi connectivity index (χ0v) is 13.1. The van der Waals surface area contributed by atoms with Crippen molar-refractivity contribution in [3.8, 4) is 5.75 Å². The first-order valence-corrected chi connectivity index (χ1v) is 7.20. The van der Waals surface area contributed by atoms with Gasteiger partial charge in [0.25, 0.3) is 5.91 Å². The number of nitrogens with one attached hydrogen (secondary N) is 1. The molecule has 0 aliphatic carbocycles. The lowest BCUT2D eigenvalue weighted by molar-refractivity contribution is -0.122. The molecule has 0 bridgehead atoms. The van der Waals surface area contributed by atoms with Crippen LogP contribution in [-0.4, -0.2) is 19.1 Å².